The van der Waals surface area contributed by atoms with Gasteiger partial charge in [-0.15, -0.1) is 0 Å². The van der Waals surface area contributed by atoms with Gasteiger partial charge in [-0.1, -0.05) is 45.4 Å². The highest BCUT2D eigenvalue weighted by atomic mass is 16.3. The van der Waals surface area contributed by atoms with Gasteiger partial charge < -0.3 is 9.67 Å². The van der Waals surface area contributed by atoms with Gasteiger partial charge in [0, 0.05) is 18.9 Å². The lowest BCUT2D eigenvalue weighted by Crippen LogP contribution is -2.14. The van der Waals surface area contributed by atoms with Crippen LogP contribution in [0, 0.1) is 0 Å². The summed E-state index contributed by atoms with van der Waals surface area (Å²) in [4.78, 5) is 3.96. The zero-order valence-corrected chi connectivity index (χ0v) is 10.3. The standard InChI is InChI=1S/C13H24N2O/c1-2-3-4-5-6-7-8-13(16)11-15-10-9-14-12-15/h9-10,12-13,16H,2-8,11H2,1H3. The van der Waals surface area contributed by atoms with Crippen molar-refractivity contribution in [3.63, 3.8) is 0 Å². The molecule has 0 fully saturated rings. The van der Waals surface area contributed by atoms with Crippen LogP contribution in [0.15, 0.2) is 18.7 Å². The largest absolute Gasteiger partial charge is 0.391 e. The molecule has 1 unspecified atom stereocenters. The molecule has 1 aromatic heterocycles. The average molecular weight is 224 g/mol. The van der Waals surface area contributed by atoms with Crippen LogP contribution in [-0.2, 0) is 6.54 Å². The van der Waals surface area contributed by atoms with Gasteiger partial charge in [0.15, 0.2) is 0 Å². The molecule has 0 saturated carbocycles. The summed E-state index contributed by atoms with van der Waals surface area (Å²) in [5.74, 6) is 0. The molecule has 1 N–H and O–H groups in total. The summed E-state index contributed by atoms with van der Waals surface area (Å²) in [6.45, 7) is 2.91. The van der Waals surface area contributed by atoms with Crippen molar-refractivity contribution >= 4 is 0 Å². The predicted octanol–water partition coefficient (Wildman–Crippen LogP) is 2.99. The molecule has 92 valence electrons. The average Bonchev–Trinajstić information content (AvgIpc) is 2.76. The minimum Gasteiger partial charge on any atom is -0.391 e. The fraction of sp³-hybridized carbons (Fsp3) is 0.769. The van der Waals surface area contributed by atoms with E-state index in [1.807, 2.05) is 10.8 Å². The second-order valence-corrected chi connectivity index (χ2v) is 4.47. The van der Waals surface area contributed by atoms with Gasteiger partial charge in [0.2, 0.25) is 0 Å². The third-order valence-electron chi connectivity index (χ3n) is 2.87. The summed E-state index contributed by atoms with van der Waals surface area (Å²) in [5.41, 5.74) is 0. The lowest BCUT2D eigenvalue weighted by molar-refractivity contribution is 0.140. The Hall–Kier alpha value is -0.830. The molecule has 0 aliphatic heterocycles. The monoisotopic (exact) mass is 224 g/mol. The summed E-state index contributed by atoms with van der Waals surface area (Å²) in [6, 6.07) is 0. The van der Waals surface area contributed by atoms with Crippen LogP contribution in [0.1, 0.15) is 51.9 Å². The Bertz CT molecular complexity index is 246. The fourth-order valence-corrected chi connectivity index (χ4v) is 1.89. The van der Waals surface area contributed by atoms with Gasteiger partial charge in [0.05, 0.1) is 12.4 Å². The maximum absolute atomic E-state index is 9.78. The number of rotatable bonds is 9. The van der Waals surface area contributed by atoms with Gasteiger partial charge >= 0.3 is 0 Å². The Morgan fingerprint density at radius 1 is 1.19 bits per heavy atom. The van der Waals surface area contributed by atoms with Gasteiger partial charge in [-0.05, 0) is 6.42 Å². The Balaban J connectivity index is 1.96. The zero-order chi connectivity index (χ0) is 11.6. The van der Waals surface area contributed by atoms with Crippen molar-refractivity contribution in [2.45, 2.75) is 64.5 Å². The van der Waals surface area contributed by atoms with Gasteiger partial charge in [0.1, 0.15) is 0 Å². The van der Waals surface area contributed by atoms with Gasteiger partial charge in [0.25, 0.3) is 0 Å². The second-order valence-electron chi connectivity index (χ2n) is 4.47. The highest BCUT2D eigenvalue weighted by Crippen LogP contribution is 2.09. The summed E-state index contributed by atoms with van der Waals surface area (Å²) in [5, 5.41) is 9.78. The van der Waals surface area contributed by atoms with Crippen LogP contribution in [0.4, 0.5) is 0 Å². The van der Waals surface area contributed by atoms with Gasteiger partial charge in [-0.3, -0.25) is 0 Å². The fourth-order valence-electron chi connectivity index (χ4n) is 1.89. The molecule has 0 aliphatic carbocycles. The van der Waals surface area contributed by atoms with Crippen molar-refractivity contribution in [2.75, 3.05) is 0 Å². The molecule has 0 spiro atoms. The van der Waals surface area contributed by atoms with E-state index in [1.165, 1.54) is 32.1 Å². The number of imidazole rings is 1. The highest BCUT2D eigenvalue weighted by Gasteiger charge is 2.04. The first kappa shape index (κ1) is 13.2. The number of hydrogen-bond acceptors (Lipinski definition) is 2. The van der Waals surface area contributed by atoms with Crippen molar-refractivity contribution in [3.05, 3.63) is 18.7 Å². The highest BCUT2D eigenvalue weighted by molar-refractivity contribution is 4.75. The molecule has 0 amide bonds. The Morgan fingerprint density at radius 3 is 2.62 bits per heavy atom. The maximum atomic E-state index is 9.78. The zero-order valence-electron chi connectivity index (χ0n) is 10.3. The number of aliphatic hydroxyl groups is 1. The van der Waals surface area contributed by atoms with Crippen molar-refractivity contribution in [3.8, 4) is 0 Å². The van der Waals surface area contributed by atoms with E-state index in [0.29, 0.717) is 6.54 Å². The van der Waals surface area contributed by atoms with Crippen molar-refractivity contribution in [1.82, 2.24) is 9.55 Å². The first-order chi connectivity index (χ1) is 7.83. The van der Waals surface area contributed by atoms with Crippen molar-refractivity contribution in [1.29, 1.82) is 0 Å². The molecule has 3 heteroatoms. The predicted molar refractivity (Wildman–Crippen MR) is 66.2 cm³/mol. The molecular weight excluding hydrogens is 200 g/mol. The normalized spacial score (nSPS) is 12.9. The minimum absolute atomic E-state index is 0.222. The summed E-state index contributed by atoms with van der Waals surface area (Å²) in [7, 11) is 0. The van der Waals surface area contributed by atoms with E-state index < -0.39 is 0 Å². The van der Waals surface area contributed by atoms with Crippen LogP contribution in [0.25, 0.3) is 0 Å². The van der Waals surface area contributed by atoms with Crippen molar-refractivity contribution in [2.24, 2.45) is 0 Å². The molecular formula is C13H24N2O. The molecule has 1 aromatic rings. The molecule has 3 nitrogen and oxygen atoms in total. The van der Waals surface area contributed by atoms with Crippen LogP contribution in [0.5, 0.6) is 0 Å². The third kappa shape index (κ3) is 5.91. The van der Waals surface area contributed by atoms with E-state index in [1.54, 1.807) is 12.5 Å². The van der Waals surface area contributed by atoms with Crippen LogP contribution < -0.4 is 0 Å². The van der Waals surface area contributed by atoms with Crippen LogP contribution in [0.2, 0.25) is 0 Å². The molecule has 0 aromatic carbocycles. The van der Waals surface area contributed by atoms with E-state index >= 15 is 0 Å². The second kappa shape index (κ2) is 8.34. The Morgan fingerprint density at radius 2 is 1.94 bits per heavy atom. The number of unbranched alkanes of at least 4 members (excludes halogenated alkanes) is 5. The molecule has 0 saturated heterocycles. The van der Waals surface area contributed by atoms with E-state index in [9.17, 15) is 5.11 Å². The van der Waals surface area contributed by atoms with E-state index in [-0.39, 0.29) is 6.10 Å². The Kier molecular flexibility index (Phi) is 6.90. The number of aliphatic hydroxyl groups excluding tert-OH is 1. The summed E-state index contributed by atoms with van der Waals surface area (Å²) in [6.07, 6.45) is 13.8. The molecule has 0 radical (unpaired) electrons. The van der Waals surface area contributed by atoms with Crippen molar-refractivity contribution < 1.29 is 5.11 Å². The molecule has 1 atom stereocenters. The molecule has 0 bridgehead atoms. The topological polar surface area (TPSA) is 38.0 Å². The smallest absolute Gasteiger partial charge is 0.0946 e. The molecule has 16 heavy (non-hydrogen) atoms. The number of aromatic nitrogens is 2. The number of hydrogen-bond donors (Lipinski definition) is 1. The molecule has 0 aliphatic rings. The van der Waals surface area contributed by atoms with Crippen LogP contribution in [0.3, 0.4) is 0 Å². The van der Waals surface area contributed by atoms with Crippen LogP contribution in [-0.4, -0.2) is 20.8 Å². The Labute approximate surface area is 98.5 Å². The first-order valence-electron chi connectivity index (χ1n) is 6.46. The maximum Gasteiger partial charge on any atom is 0.0946 e. The van der Waals surface area contributed by atoms with E-state index in [0.717, 1.165) is 12.8 Å². The minimum atomic E-state index is -0.222. The summed E-state index contributed by atoms with van der Waals surface area (Å²) >= 11 is 0. The van der Waals surface area contributed by atoms with E-state index in [4.69, 9.17) is 0 Å². The lowest BCUT2D eigenvalue weighted by atomic mass is 10.1. The van der Waals surface area contributed by atoms with Gasteiger partial charge in [-0.2, -0.15) is 0 Å². The SMILES string of the molecule is CCCCCCCCC(O)Cn1ccnc1. The van der Waals surface area contributed by atoms with Gasteiger partial charge in [-0.25, -0.2) is 4.98 Å². The quantitative estimate of drug-likeness (QED) is 0.655. The molecule has 1 rings (SSSR count). The lowest BCUT2D eigenvalue weighted by Gasteiger charge is -2.10. The third-order valence-corrected chi connectivity index (χ3v) is 2.87. The first-order valence-corrected chi connectivity index (χ1v) is 6.46. The molecule has 1 heterocycles. The number of nitrogens with zero attached hydrogens (tertiary/aromatic N) is 2. The van der Waals surface area contributed by atoms with Crippen LogP contribution >= 0.6 is 0 Å². The summed E-state index contributed by atoms with van der Waals surface area (Å²) < 4.78 is 1.93. The van der Waals surface area contributed by atoms with E-state index in [2.05, 4.69) is 11.9 Å².